The first-order chi connectivity index (χ1) is 13.8. The van der Waals surface area contributed by atoms with Crippen LogP contribution < -0.4 is 5.32 Å². The second-order valence-electron chi connectivity index (χ2n) is 8.38. The number of unbranched alkanes of at least 4 members (excludes halogenated alkanes) is 1. The van der Waals surface area contributed by atoms with E-state index in [0.717, 1.165) is 57.7 Å². The highest BCUT2D eigenvalue weighted by molar-refractivity contribution is 14.0. The van der Waals surface area contributed by atoms with E-state index in [1.165, 1.54) is 44.9 Å². The Labute approximate surface area is 193 Å². The molecule has 1 N–H and O–H groups in total. The van der Waals surface area contributed by atoms with Gasteiger partial charge in [0, 0.05) is 52.9 Å². The highest BCUT2D eigenvalue weighted by Crippen LogP contribution is 2.28. The molecule has 2 heterocycles. The van der Waals surface area contributed by atoms with Crippen LogP contribution in [0.4, 0.5) is 0 Å². The molecule has 1 amide bonds. The van der Waals surface area contributed by atoms with Gasteiger partial charge in [-0.05, 0) is 12.3 Å². The fourth-order valence-electron chi connectivity index (χ4n) is 4.61. The van der Waals surface area contributed by atoms with Crippen LogP contribution in [-0.4, -0.2) is 99.2 Å². The fourth-order valence-corrected chi connectivity index (χ4v) is 4.61. The molecule has 2 aliphatic heterocycles. The van der Waals surface area contributed by atoms with Gasteiger partial charge in [-0.2, -0.15) is 0 Å². The summed E-state index contributed by atoms with van der Waals surface area (Å²) in [6, 6.07) is 0. The molecular formula is C21H40IN5O2. The van der Waals surface area contributed by atoms with Gasteiger partial charge < -0.3 is 19.9 Å². The van der Waals surface area contributed by atoms with E-state index >= 15 is 0 Å². The second-order valence-corrected chi connectivity index (χ2v) is 8.38. The van der Waals surface area contributed by atoms with Gasteiger partial charge in [0.1, 0.15) is 0 Å². The Hall–Kier alpha value is -0.610. The van der Waals surface area contributed by atoms with E-state index in [9.17, 15) is 4.79 Å². The summed E-state index contributed by atoms with van der Waals surface area (Å²) in [5.74, 6) is 2.24. The van der Waals surface area contributed by atoms with Crippen molar-refractivity contribution in [1.29, 1.82) is 0 Å². The van der Waals surface area contributed by atoms with Crippen LogP contribution in [0.2, 0.25) is 0 Å². The van der Waals surface area contributed by atoms with Crippen LogP contribution in [0.5, 0.6) is 0 Å². The summed E-state index contributed by atoms with van der Waals surface area (Å²) in [4.78, 5) is 23.4. The van der Waals surface area contributed by atoms with Gasteiger partial charge in [-0.3, -0.25) is 14.7 Å². The molecule has 0 bridgehead atoms. The quantitative estimate of drug-likeness (QED) is 0.241. The van der Waals surface area contributed by atoms with E-state index in [2.05, 4.69) is 20.1 Å². The summed E-state index contributed by atoms with van der Waals surface area (Å²) in [7, 11) is 1.87. The SMILES string of the molecule is CN=C(NCCCCC1CCCC1)N1CCN(CC(=O)N2CCOCC2)CC1.I. The minimum absolute atomic E-state index is 0. The maximum Gasteiger partial charge on any atom is 0.236 e. The first-order valence-electron chi connectivity index (χ1n) is 11.3. The Morgan fingerprint density at radius 1 is 1.00 bits per heavy atom. The maximum absolute atomic E-state index is 12.4. The fraction of sp³-hybridized carbons (Fsp3) is 0.905. The zero-order chi connectivity index (χ0) is 19.6. The van der Waals surface area contributed by atoms with Crippen molar-refractivity contribution in [3.05, 3.63) is 0 Å². The Bertz CT molecular complexity index is 499. The summed E-state index contributed by atoms with van der Waals surface area (Å²) in [6.45, 7) is 8.03. The number of rotatable bonds is 7. The maximum atomic E-state index is 12.4. The van der Waals surface area contributed by atoms with E-state index < -0.39 is 0 Å². The zero-order valence-electron chi connectivity index (χ0n) is 18.1. The third-order valence-electron chi connectivity index (χ3n) is 6.40. The topological polar surface area (TPSA) is 60.4 Å². The number of aliphatic imine (C=N–C) groups is 1. The number of carbonyl (C=O) groups excluding carboxylic acids is 1. The molecular weight excluding hydrogens is 481 g/mol. The molecule has 7 nitrogen and oxygen atoms in total. The molecule has 0 aromatic heterocycles. The predicted octanol–water partition coefficient (Wildman–Crippen LogP) is 2.02. The minimum atomic E-state index is 0. The largest absolute Gasteiger partial charge is 0.378 e. The molecule has 3 fully saturated rings. The molecule has 0 unspecified atom stereocenters. The first kappa shape index (κ1) is 24.7. The molecule has 0 atom stereocenters. The lowest BCUT2D eigenvalue weighted by Gasteiger charge is -2.37. The lowest BCUT2D eigenvalue weighted by molar-refractivity contribution is -0.136. The molecule has 1 saturated carbocycles. The molecule has 3 aliphatic rings. The van der Waals surface area contributed by atoms with Crippen molar-refractivity contribution in [3.63, 3.8) is 0 Å². The average Bonchev–Trinajstić information content (AvgIpc) is 3.26. The average molecular weight is 521 g/mol. The van der Waals surface area contributed by atoms with Gasteiger partial charge in [-0.15, -0.1) is 24.0 Å². The lowest BCUT2D eigenvalue weighted by Crippen LogP contribution is -2.55. The van der Waals surface area contributed by atoms with Crippen LogP contribution >= 0.6 is 24.0 Å². The van der Waals surface area contributed by atoms with Crippen LogP contribution in [0.15, 0.2) is 4.99 Å². The van der Waals surface area contributed by atoms with Gasteiger partial charge in [0.2, 0.25) is 5.91 Å². The first-order valence-corrected chi connectivity index (χ1v) is 11.3. The summed E-state index contributed by atoms with van der Waals surface area (Å²) >= 11 is 0. The predicted molar refractivity (Wildman–Crippen MR) is 128 cm³/mol. The van der Waals surface area contributed by atoms with Crippen molar-refractivity contribution in [2.45, 2.75) is 44.9 Å². The molecule has 1 aliphatic carbocycles. The molecule has 3 rings (SSSR count). The van der Waals surface area contributed by atoms with E-state index in [1.807, 2.05) is 11.9 Å². The number of morpholine rings is 1. The summed E-state index contributed by atoms with van der Waals surface area (Å²) in [5, 5.41) is 3.54. The molecule has 0 radical (unpaired) electrons. The van der Waals surface area contributed by atoms with Crippen LogP contribution in [0, 0.1) is 5.92 Å². The van der Waals surface area contributed by atoms with Crippen LogP contribution in [0.25, 0.3) is 0 Å². The second kappa shape index (κ2) is 13.6. The van der Waals surface area contributed by atoms with Crippen molar-refractivity contribution in [1.82, 2.24) is 20.0 Å². The van der Waals surface area contributed by atoms with Gasteiger partial charge >= 0.3 is 0 Å². The Balaban J connectivity index is 0.00000300. The zero-order valence-corrected chi connectivity index (χ0v) is 20.4. The normalized spacial score (nSPS) is 21.9. The summed E-state index contributed by atoms with van der Waals surface area (Å²) in [6.07, 6.45) is 9.74. The van der Waals surface area contributed by atoms with Crippen molar-refractivity contribution >= 4 is 35.8 Å². The van der Waals surface area contributed by atoms with Gasteiger partial charge in [0.25, 0.3) is 0 Å². The van der Waals surface area contributed by atoms with Crippen LogP contribution in [-0.2, 0) is 9.53 Å². The molecule has 168 valence electrons. The molecule has 0 aromatic rings. The monoisotopic (exact) mass is 521 g/mol. The highest BCUT2D eigenvalue weighted by atomic mass is 127. The number of piperazine rings is 1. The number of halogens is 1. The third kappa shape index (κ3) is 8.20. The highest BCUT2D eigenvalue weighted by Gasteiger charge is 2.24. The van der Waals surface area contributed by atoms with Crippen molar-refractivity contribution < 1.29 is 9.53 Å². The standard InChI is InChI=1S/C21H39N5O2.HI/c1-22-21(23-9-5-4-8-19-6-2-3-7-19)26-12-10-24(11-13-26)18-20(27)25-14-16-28-17-15-25;/h19H,2-18H2,1H3,(H,22,23);1H. The molecule has 8 heteroatoms. The van der Waals surface area contributed by atoms with E-state index in [4.69, 9.17) is 4.74 Å². The van der Waals surface area contributed by atoms with Gasteiger partial charge in [-0.25, -0.2) is 0 Å². The number of carbonyl (C=O) groups is 1. The van der Waals surface area contributed by atoms with Crippen molar-refractivity contribution in [2.75, 3.05) is 72.6 Å². The third-order valence-corrected chi connectivity index (χ3v) is 6.40. The van der Waals surface area contributed by atoms with E-state index in [1.54, 1.807) is 0 Å². The number of guanidine groups is 1. The number of nitrogens with one attached hydrogen (secondary N) is 1. The number of hydrogen-bond donors (Lipinski definition) is 1. The van der Waals surface area contributed by atoms with E-state index in [-0.39, 0.29) is 29.9 Å². The summed E-state index contributed by atoms with van der Waals surface area (Å²) < 4.78 is 5.33. The molecule has 29 heavy (non-hydrogen) atoms. The van der Waals surface area contributed by atoms with Crippen molar-refractivity contribution in [2.24, 2.45) is 10.9 Å². The minimum Gasteiger partial charge on any atom is -0.378 e. The molecule has 2 saturated heterocycles. The Kier molecular flexibility index (Phi) is 11.6. The Morgan fingerprint density at radius 3 is 2.34 bits per heavy atom. The number of ether oxygens (including phenoxy) is 1. The lowest BCUT2D eigenvalue weighted by atomic mass is 10.0. The van der Waals surface area contributed by atoms with E-state index in [0.29, 0.717) is 19.8 Å². The van der Waals surface area contributed by atoms with Crippen molar-refractivity contribution in [3.8, 4) is 0 Å². The molecule has 0 spiro atoms. The van der Waals surface area contributed by atoms with Gasteiger partial charge in [0.05, 0.1) is 19.8 Å². The number of hydrogen-bond acceptors (Lipinski definition) is 4. The smallest absolute Gasteiger partial charge is 0.236 e. The molecule has 0 aromatic carbocycles. The summed E-state index contributed by atoms with van der Waals surface area (Å²) in [5.41, 5.74) is 0. The number of nitrogens with zero attached hydrogens (tertiary/aromatic N) is 4. The van der Waals surface area contributed by atoms with Crippen LogP contribution in [0.3, 0.4) is 0 Å². The van der Waals surface area contributed by atoms with Gasteiger partial charge in [0.15, 0.2) is 5.96 Å². The number of amides is 1. The van der Waals surface area contributed by atoms with Crippen LogP contribution in [0.1, 0.15) is 44.9 Å². The Morgan fingerprint density at radius 2 is 1.69 bits per heavy atom. The van der Waals surface area contributed by atoms with Gasteiger partial charge in [-0.1, -0.05) is 38.5 Å².